The molecule has 27 heavy (non-hydrogen) atoms. The fourth-order valence-corrected chi connectivity index (χ4v) is 1.23. The van der Waals surface area contributed by atoms with Crippen molar-refractivity contribution in [3.63, 3.8) is 0 Å². The van der Waals surface area contributed by atoms with Crippen molar-refractivity contribution in [3.05, 3.63) is 40.4 Å². The van der Waals surface area contributed by atoms with E-state index in [9.17, 15) is 9.59 Å². The summed E-state index contributed by atoms with van der Waals surface area (Å²) in [5.41, 5.74) is 16.1. The number of urea groups is 2. The van der Waals surface area contributed by atoms with Crippen LogP contribution >= 0.6 is 24.4 Å². The summed E-state index contributed by atoms with van der Waals surface area (Å²) in [6.07, 6.45) is 0. The van der Waals surface area contributed by atoms with E-state index in [1.165, 1.54) is 10.3 Å². The number of pyridine rings is 1. The van der Waals surface area contributed by atoms with Gasteiger partial charge in [-0.15, -0.1) is 0 Å². The zero-order valence-electron chi connectivity index (χ0n) is 14.1. The molecule has 0 saturated carbocycles. The van der Waals surface area contributed by atoms with Crippen molar-refractivity contribution in [2.24, 2.45) is 21.7 Å². The van der Waals surface area contributed by atoms with E-state index in [2.05, 4.69) is 50.5 Å². The maximum atomic E-state index is 10.6. The molecule has 0 atom stereocenters. The molecule has 1 heterocycles. The maximum absolute atomic E-state index is 10.6. The molecule has 4 amide bonds. The normalized spacial score (nSPS) is 9.41. The van der Waals surface area contributed by atoms with Crippen LogP contribution in [0, 0.1) is 0 Å². The van der Waals surface area contributed by atoms with E-state index in [1.807, 2.05) is 0 Å². The Morgan fingerprint density at radius 2 is 1.30 bits per heavy atom. The minimum absolute atomic E-state index is 0. The van der Waals surface area contributed by atoms with E-state index < -0.39 is 12.1 Å². The predicted octanol–water partition coefficient (Wildman–Crippen LogP) is 1.18. The summed E-state index contributed by atoms with van der Waals surface area (Å²) in [6.45, 7) is 3.33. The van der Waals surface area contributed by atoms with Crippen LogP contribution < -0.4 is 22.3 Å². The molecule has 0 aliphatic heterocycles. The SMILES string of the molecule is C/C(=N\NC(N)=O)c1cccc(/C(C)=N/NC(N)=O)n1.[N-]=C=S.[N-]=C=S.[Ni+2]. The molecule has 146 valence electrons. The molecule has 6 N–H and O–H groups in total. The van der Waals surface area contributed by atoms with Crippen molar-refractivity contribution in [2.45, 2.75) is 13.8 Å². The number of thiocarbonyl (C=S) groups is 2. The maximum Gasteiger partial charge on any atom is 2.00 e. The van der Waals surface area contributed by atoms with E-state index >= 15 is 0 Å². The summed E-state index contributed by atoms with van der Waals surface area (Å²) in [5, 5.41) is 24.5. The van der Waals surface area contributed by atoms with E-state index in [0.29, 0.717) is 22.8 Å². The van der Waals surface area contributed by atoms with Crippen molar-refractivity contribution in [1.29, 1.82) is 0 Å². The molecule has 0 aromatic carbocycles. The number of isothiocyanates is 2. The van der Waals surface area contributed by atoms with E-state index in [1.54, 1.807) is 32.0 Å². The van der Waals surface area contributed by atoms with Crippen molar-refractivity contribution in [2.75, 3.05) is 0 Å². The van der Waals surface area contributed by atoms with Gasteiger partial charge in [-0.25, -0.2) is 25.4 Å². The molecule has 0 radical (unpaired) electrons. The third-order valence-electron chi connectivity index (χ3n) is 2.16. The molecule has 0 bridgehead atoms. The molecule has 0 aliphatic rings. The molecular formula is C13H15N9NiO2S2. The molecule has 11 nitrogen and oxygen atoms in total. The molecule has 0 aliphatic carbocycles. The zero-order valence-corrected chi connectivity index (χ0v) is 16.7. The van der Waals surface area contributed by atoms with Gasteiger partial charge in [0.1, 0.15) is 0 Å². The second-order valence-electron chi connectivity index (χ2n) is 3.94. The first-order valence-electron chi connectivity index (χ1n) is 6.43. The van der Waals surface area contributed by atoms with Crippen LogP contribution in [0.1, 0.15) is 25.2 Å². The number of carbonyl (C=O) groups is 2. The quantitative estimate of drug-likeness (QED) is 0.230. The van der Waals surface area contributed by atoms with Gasteiger partial charge < -0.3 is 22.3 Å². The van der Waals surface area contributed by atoms with Gasteiger partial charge in [-0.1, -0.05) is 30.5 Å². The van der Waals surface area contributed by atoms with Crippen molar-refractivity contribution < 1.29 is 26.1 Å². The number of amides is 4. The van der Waals surface area contributed by atoms with Crippen LogP contribution in [-0.4, -0.2) is 38.8 Å². The minimum Gasteiger partial charge on any atom is -0.753 e. The van der Waals surface area contributed by atoms with Gasteiger partial charge in [0.05, 0.1) is 22.8 Å². The first-order valence-corrected chi connectivity index (χ1v) is 7.24. The first kappa shape index (κ1) is 28.9. The van der Waals surface area contributed by atoms with Crippen LogP contribution in [0.15, 0.2) is 28.4 Å². The number of hydrazone groups is 2. The summed E-state index contributed by atoms with van der Waals surface area (Å²) in [5.74, 6) is 0. The van der Waals surface area contributed by atoms with Gasteiger partial charge in [0, 0.05) is 0 Å². The largest absolute Gasteiger partial charge is 2.00 e. The van der Waals surface area contributed by atoms with Crippen molar-refractivity contribution in [3.8, 4) is 0 Å². The van der Waals surface area contributed by atoms with Crippen LogP contribution in [0.2, 0.25) is 0 Å². The van der Waals surface area contributed by atoms with E-state index in [4.69, 9.17) is 22.3 Å². The minimum atomic E-state index is -0.760. The van der Waals surface area contributed by atoms with Crippen LogP contribution in [-0.2, 0) is 16.5 Å². The molecule has 0 saturated heterocycles. The first-order chi connectivity index (χ1) is 12.2. The van der Waals surface area contributed by atoms with E-state index in [0.717, 1.165) is 0 Å². The fourth-order valence-electron chi connectivity index (χ4n) is 1.23. The third kappa shape index (κ3) is 16.3. The van der Waals surface area contributed by atoms with Crippen molar-refractivity contribution in [1.82, 2.24) is 15.8 Å². The van der Waals surface area contributed by atoms with Crippen LogP contribution in [0.25, 0.3) is 10.8 Å². The fraction of sp³-hybridized carbons (Fsp3) is 0.154. The predicted molar refractivity (Wildman–Crippen MR) is 106 cm³/mol. The Morgan fingerprint density at radius 1 is 1.00 bits per heavy atom. The zero-order chi connectivity index (χ0) is 20.5. The van der Waals surface area contributed by atoms with Gasteiger partial charge >= 0.3 is 28.6 Å². The number of hydrogen-bond donors (Lipinski definition) is 4. The third-order valence-corrected chi connectivity index (χ3v) is 2.16. The molecule has 0 unspecified atom stereocenters. The summed E-state index contributed by atoms with van der Waals surface area (Å²) < 4.78 is 0. The Balaban J connectivity index is -0.000000726. The Labute approximate surface area is 176 Å². The van der Waals surface area contributed by atoms with Gasteiger partial charge in [-0.05, 0) is 26.0 Å². The van der Waals surface area contributed by atoms with Gasteiger partial charge in [0.15, 0.2) is 0 Å². The summed E-state index contributed by atoms with van der Waals surface area (Å²) in [6, 6.07) is 3.64. The molecule has 1 aromatic rings. The van der Waals surface area contributed by atoms with Gasteiger partial charge in [-0.3, -0.25) is 0 Å². The number of hydrogen-bond acceptors (Lipinski definition) is 7. The number of nitrogens with two attached hydrogens (primary N) is 2. The van der Waals surface area contributed by atoms with Gasteiger partial charge in [0.2, 0.25) is 0 Å². The van der Waals surface area contributed by atoms with Crippen LogP contribution in [0.5, 0.6) is 0 Å². The number of aromatic nitrogens is 1. The molecule has 0 spiro atoms. The standard InChI is InChI=1S/C11H15N7O2.2CNS.Ni/c1-6(15-17-10(12)19)8-4-3-5-9(14-8)7(2)16-18-11(13)20;2*2-1-3;/h3-5H,1-2H3,(H3,12,17,19)(H3,13,18,20);;;/q;2*-1;+2/b15-6+,16-7+;;;. The van der Waals surface area contributed by atoms with Crippen molar-refractivity contribution >= 4 is 58.2 Å². The topological polar surface area (TPSA) is 192 Å². The Morgan fingerprint density at radius 3 is 1.56 bits per heavy atom. The smallest absolute Gasteiger partial charge is 0.753 e. The Kier molecular flexibility index (Phi) is 19.2. The number of rotatable bonds is 4. The number of carbonyl (C=O) groups excluding carboxylic acids is 2. The summed E-state index contributed by atoms with van der Waals surface area (Å²) in [7, 11) is 0. The molecule has 14 heteroatoms. The monoisotopic (exact) mass is 451 g/mol. The van der Waals surface area contributed by atoms with Gasteiger partial charge in [-0.2, -0.15) is 20.5 Å². The summed E-state index contributed by atoms with van der Waals surface area (Å²) >= 11 is 7.40. The van der Waals surface area contributed by atoms with Crippen LogP contribution in [0.4, 0.5) is 9.59 Å². The Hall–Kier alpha value is -2.88. The average molecular weight is 452 g/mol. The molecule has 0 fully saturated rings. The second kappa shape index (κ2) is 17.9. The number of nitrogens with zero attached hydrogens (tertiary/aromatic N) is 5. The molecule has 1 rings (SSSR count). The Bertz CT molecular complexity index is 697. The average Bonchev–Trinajstić information content (AvgIpc) is 2.59. The second-order valence-corrected chi connectivity index (χ2v) is 4.30. The van der Waals surface area contributed by atoms with Crippen LogP contribution in [0.3, 0.4) is 0 Å². The van der Waals surface area contributed by atoms with Gasteiger partial charge in [0.25, 0.3) is 0 Å². The molecular weight excluding hydrogens is 437 g/mol. The number of nitrogens with one attached hydrogen (secondary N) is 2. The van der Waals surface area contributed by atoms with E-state index in [-0.39, 0.29) is 16.5 Å². The molecule has 1 aromatic heterocycles. The number of primary amides is 2. The summed E-state index contributed by atoms with van der Waals surface area (Å²) in [4.78, 5) is 25.4.